The van der Waals surface area contributed by atoms with Gasteiger partial charge in [0.1, 0.15) is 0 Å². The smallest absolute Gasteiger partial charge is 0.252 e. The van der Waals surface area contributed by atoms with E-state index in [1.165, 1.54) is 5.56 Å². The second-order valence-corrected chi connectivity index (χ2v) is 6.97. The Morgan fingerprint density at radius 2 is 1.91 bits per heavy atom. The van der Waals surface area contributed by atoms with E-state index < -0.39 is 0 Å². The summed E-state index contributed by atoms with van der Waals surface area (Å²) in [5.41, 5.74) is 4.73. The van der Waals surface area contributed by atoms with Gasteiger partial charge in [-0.3, -0.25) is 4.79 Å². The van der Waals surface area contributed by atoms with Crippen LogP contribution in [-0.2, 0) is 10.5 Å². The molecule has 22 heavy (non-hydrogen) atoms. The third-order valence-electron chi connectivity index (χ3n) is 2.97. The summed E-state index contributed by atoms with van der Waals surface area (Å²) in [7, 11) is 0. The summed E-state index contributed by atoms with van der Waals surface area (Å²) < 4.78 is 1.01. The monoisotopic (exact) mass is 376 g/mol. The molecule has 0 spiro atoms. The lowest BCUT2D eigenvalue weighted by molar-refractivity contribution is -0.120. The van der Waals surface area contributed by atoms with Crippen molar-refractivity contribution in [1.82, 2.24) is 5.43 Å². The average Bonchev–Trinajstić information content (AvgIpc) is 2.55. The normalized spacial score (nSPS) is 12.3. The predicted molar refractivity (Wildman–Crippen MR) is 97.1 cm³/mol. The molecule has 1 unspecified atom stereocenters. The molecule has 0 aliphatic heterocycles. The van der Waals surface area contributed by atoms with Crippen LogP contribution in [-0.4, -0.2) is 17.4 Å². The maximum absolute atomic E-state index is 12.0. The minimum atomic E-state index is -0.151. The van der Waals surface area contributed by atoms with Gasteiger partial charge in [0.15, 0.2) is 0 Å². The number of amides is 1. The van der Waals surface area contributed by atoms with Gasteiger partial charge in [-0.1, -0.05) is 58.4 Å². The van der Waals surface area contributed by atoms with Crippen LogP contribution in [0.25, 0.3) is 0 Å². The zero-order valence-electron chi connectivity index (χ0n) is 12.2. The molecule has 3 nitrogen and oxygen atoms in total. The first-order valence-corrected chi connectivity index (χ1v) is 8.73. The summed E-state index contributed by atoms with van der Waals surface area (Å²) in [6, 6.07) is 17.8. The second kappa shape index (κ2) is 8.76. The number of hydrogen-bond acceptors (Lipinski definition) is 3. The second-order valence-electron chi connectivity index (χ2n) is 4.72. The summed E-state index contributed by atoms with van der Waals surface area (Å²) in [5.74, 6) is 0.723. The van der Waals surface area contributed by atoms with E-state index in [0.717, 1.165) is 15.8 Å². The number of halogens is 1. The molecule has 2 aromatic rings. The van der Waals surface area contributed by atoms with Gasteiger partial charge in [-0.05, 0) is 30.2 Å². The van der Waals surface area contributed by atoms with E-state index in [9.17, 15) is 4.79 Å². The molecule has 1 N–H and O–H groups in total. The summed E-state index contributed by atoms with van der Waals surface area (Å²) >= 11 is 4.97. The number of nitrogens with zero attached hydrogens (tertiary/aromatic N) is 1. The van der Waals surface area contributed by atoms with Crippen LogP contribution in [0.5, 0.6) is 0 Å². The largest absolute Gasteiger partial charge is 0.272 e. The van der Waals surface area contributed by atoms with Gasteiger partial charge in [-0.25, -0.2) is 5.43 Å². The van der Waals surface area contributed by atoms with Crippen LogP contribution in [0.1, 0.15) is 18.1 Å². The van der Waals surface area contributed by atoms with Gasteiger partial charge in [-0.2, -0.15) is 5.10 Å². The Hall–Kier alpha value is -1.59. The van der Waals surface area contributed by atoms with E-state index in [1.807, 2.05) is 49.4 Å². The van der Waals surface area contributed by atoms with E-state index >= 15 is 0 Å². The Bertz CT molecular complexity index is 629. The first-order chi connectivity index (χ1) is 10.6. The first kappa shape index (κ1) is 16.8. The Labute approximate surface area is 143 Å². The molecule has 0 saturated carbocycles. The van der Waals surface area contributed by atoms with Gasteiger partial charge in [0, 0.05) is 10.2 Å². The Kier molecular flexibility index (Phi) is 6.68. The molecule has 0 radical (unpaired) electrons. The highest BCUT2D eigenvalue weighted by Gasteiger charge is 2.12. The van der Waals surface area contributed by atoms with Crippen molar-refractivity contribution in [3.05, 3.63) is 70.2 Å². The van der Waals surface area contributed by atoms with Crippen molar-refractivity contribution in [2.24, 2.45) is 5.10 Å². The average molecular weight is 377 g/mol. The minimum absolute atomic E-state index is 0.0886. The quantitative estimate of drug-likeness (QED) is 0.605. The number of rotatable bonds is 6. The molecule has 2 rings (SSSR count). The van der Waals surface area contributed by atoms with Crippen molar-refractivity contribution in [2.45, 2.75) is 17.9 Å². The number of hydrazone groups is 1. The summed E-state index contributed by atoms with van der Waals surface area (Å²) in [5, 5.41) is 3.84. The Morgan fingerprint density at radius 1 is 1.23 bits per heavy atom. The first-order valence-electron chi connectivity index (χ1n) is 6.89. The molecule has 0 aliphatic carbocycles. The van der Waals surface area contributed by atoms with Crippen molar-refractivity contribution in [3.63, 3.8) is 0 Å². The number of benzene rings is 2. The standard InChI is InChI=1S/C17H17BrN2OS/c1-13(22-12-15-5-3-2-4-6-15)17(21)20-19-11-14-7-9-16(18)10-8-14/h2-11,13H,12H2,1H3,(H,20,21)/b19-11+. The highest BCUT2D eigenvalue weighted by Crippen LogP contribution is 2.17. The molecular formula is C17H17BrN2OS. The Balaban J connectivity index is 1.77. The number of nitrogens with one attached hydrogen (secondary N) is 1. The predicted octanol–water partition coefficient (Wildman–Crippen LogP) is 4.22. The molecule has 0 fully saturated rings. The fraction of sp³-hybridized carbons (Fsp3) is 0.176. The van der Waals surface area contributed by atoms with Crippen molar-refractivity contribution >= 4 is 39.8 Å². The zero-order valence-corrected chi connectivity index (χ0v) is 14.6. The maximum atomic E-state index is 12.0. The van der Waals surface area contributed by atoms with E-state index in [1.54, 1.807) is 18.0 Å². The summed E-state index contributed by atoms with van der Waals surface area (Å²) in [4.78, 5) is 12.0. The topological polar surface area (TPSA) is 41.5 Å². The van der Waals surface area contributed by atoms with Crippen LogP contribution in [0, 0.1) is 0 Å². The lowest BCUT2D eigenvalue weighted by Gasteiger charge is -2.09. The summed E-state index contributed by atoms with van der Waals surface area (Å²) in [6.07, 6.45) is 1.64. The number of carbonyl (C=O) groups excluding carboxylic acids is 1. The fourth-order valence-electron chi connectivity index (χ4n) is 1.68. The van der Waals surface area contributed by atoms with E-state index in [2.05, 4.69) is 38.6 Å². The van der Waals surface area contributed by atoms with Crippen molar-refractivity contribution < 1.29 is 4.79 Å². The molecule has 0 bridgehead atoms. The maximum Gasteiger partial charge on any atom is 0.252 e. The number of thioether (sulfide) groups is 1. The van der Waals surface area contributed by atoms with Crippen LogP contribution in [0.4, 0.5) is 0 Å². The van der Waals surface area contributed by atoms with E-state index in [0.29, 0.717) is 0 Å². The molecule has 5 heteroatoms. The minimum Gasteiger partial charge on any atom is -0.272 e. The molecule has 0 heterocycles. The lowest BCUT2D eigenvalue weighted by atomic mass is 10.2. The molecule has 1 amide bonds. The fourth-order valence-corrected chi connectivity index (χ4v) is 2.78. The molecule has 0 saturated heterocycles. The molecule has 0 aliphatic rings. The Morgan fingerprint density at radius 3 is 2.59 bits per heavy atom. The van der Waals surface area contributed by atoms with Crippen molar-refractivity contribution in [1.29, 1.82) is 0 Å². The van der Waals surface area contributed by atoms with Gasteiger partial charge in [0.25, 0.3) is 5.91 Å². The number of carbonyl (C=O) groups is 1. The highest BCUT2D eigenvalue weighted by molar-refractivity contribution is 9.10. The molecule has 1 atom stereocenters. The van der Waals surface area contributed by atoms with Crippen LogP contribution in [0.3, 0.4) is 0 Å². The van der Waals surface area contributed by atoms with Gasteiger partial charge >= 0.3 is 0 Å². The van der Waals surface area contributed by atoms with Crippen LogP contribution in [0.2, 0.25) is 0 Å². The SMILES string of the molecule is CC(SCc1ccccc1)C(=O)N/N=C/c1ccc(Br)cc1. The van der Waals surface area contributed by atoms with Crippen LogP contribution in [0.15, 0.2) is 64.2 Å². The molecule has 0 aromatic heterocycles. The molecule has 114 valence electrons. The molecular weight excluding hydrogens is 360 g/mol. The van der Waals surface area contributed by atoms with Gasteiger partial charge in [-0.15, -0.1) is 11.8 Å². The van der Waals surface area contributed by atoms with Crippen LogP contribution < -0.4 is 5.43 Å². The summed E-state index contributed by atoms with van der Waals surface area (Å²) in [6.45, 7) is 1.89. The zero-order chi connectivity index (χ0) is 15.8. The molecule has 2 aromatic carbocycles. The lowest BCUT2D eigenvalue weighted by Crippen LogP contribution is -2.26. The van der Waals surface area contributed by atoms with Gasteiger partial charge in [0.05, 0.1) is 11.5 Å². The van der Waals surface area contributed by atoms with Crippen LogP contribution >= 0.6 is 27.7 Å². The van der Waals surface area contributed by atoms with Gasteiger partial charge in [0.2, 0.25) is 0 Å². The van der Waals surface area contributed by atoms with Gasteiger partial charge < -0.3 is 0 Å². The highest BCUT2D eigenvalue weighted by atomic mass is 79.9. The number of hydrogen-bond donors (Lipinski definition) is 1. The van der Waals surface area contributed by atoms with Crippen molar-refractivity contribution in [3.8, 4) is 0 Å². The third-order valence-corrected chi connectivity index (χ3v) is 4.71. The third kappa shape index (κ3) is 5.66. The van der Waals surface area contributed by atoms with E-state index in [-0.39, 0.29) is 11.2 Å². The van der Waals surface area contributed by atoms with Crippen molar-refractivity contribution in [2.75, 3.05) is 0 Å². The van der Waals surface area contributed by atoms with E-state index in [4.69, 9.17) is 0 Å².